The lowest BCUT2D eigenvalue weighted by atomic mass is 10.0. The number of ether oxygens (including phenoxy) is 3. The van der Waals surface area contributed by atoms with Crippen LogP contribution in [-0.2, 0) is 16.0 Å². The van der Waals surface area contributed by atoms with Crippen LogP contribution in [-0.4, -0.2) is 41.2 Å². The van der Waals surface area contributed by atoms with Gasteiger partial charge in [0.2, 0.25) is 0 Å². The lowest BCUT2D eigenvalue weighted by Gasteiger charge is -2.22. The van der Waals surface area contributed by atoms with E-state index in [4.69, 9.17) is 32.7 Å². The molecule has 2 heterocycles. The molecule has 35 heavy (non-hydrogen) atoms. The van der Waals surface area contributed by atoms with Crippen LogP contribution in [0.5, 0.6) is 11.5 Å². The van der Waals surface area contributed by atoms with Gasteiger partial charge in [-0.05, 0) is 36.5 Å². The molecule has 1 aliphatic heterocycles. The number of alkyl halides is 2. The van der Waals surface area contributed by atoms with Crippen LogP contribution in [0.15, 0.2) is 29.2 Å². The SMILES string of the molecule is O=C1NC(C(=O)OC(Cc2c(Cl)c[nH]c(=O)c2Cl)c2ccc(OC(F)F)c(OCC3CC3)c2)CS1. The van der Waals surface area contributed by atoms with Gasteiger partial charge in [0.25, 0.3) is 10.8 Å². The third-order valence-corrected chi connectivity index (χ3v) is 7.03. The lowest BCUT2D eigenvalue weighted by Crippen LogP contribution is -2.36. The molecule has 2 unspecified atom stereocenters. The van der Waals surface area contributed by atoms with E-state index < -0.39 is 30.3 Å². The molecule has 2 N–H and O–H groups in total. The highest BCUT2D eigenvalue weighted by molar-refractivity contribution is 8.14. The minimum absolute atomic E-state index is 0.0589. The Morgan fingerprint density at radius 1 is 1.20 bits per heavy atom. The Labute approximate surface area is 212 Å². The Morgan fingerprint density at radius 3 is 2.63 bits per heavy atom. The highest BCUT2D eigenvalue weighted by Crippen LogP contribution is 2.37. The molecule has 8 nitrogen and oxygen atoms in total. The van der Waals surface area contributed by atoms with E-state index in [1.54, 1.807) is 0 Å². The smallest absolute Gasteiger partial charge is 0.387 e. The zero-order valence-electron chi connectivity index (χ0n) is 18.0. The Hall–Kier alpha value is -2.50. The van der Waals surface area contributed by atoms with Crippen LogP contribution in [0.25, 0.3) is 0 Å². The summed E-state index contributed by atoms with van der Waals surface area (Å²) in [5, 5.41) is 2.12. The third kappa shape index (κ3) is 6.59. The van der Waals surface area contributed by atoms with Crippen molar-refractivity contribution < 1.29 is 32.6 Å². The number of aromatic amines is 1. The first-order chi connectivity index (χ1) is 16.7. The molecule has 0 radical (unpaired) electrons. The number of halogens is 4. The standard InChI is InChI=1S/C22H20Cl2F2N2O6S/c23-13-7-27-19(29)18(24)12(13)6-16(33-20(30)14-9-35-22(31)28-14)11-3-4-15(34-21(25)26)17(5-11)32-8-10-1-2-10/h3-5,7,10,14,16,21H,1-2,6,8-9H2,(H,27,29)(H,28,31). The molecule has 0 spiro atoms. The second-order valence-corrected chi connectivity index (χ2v) is 9.80. The predicted octanol–water partition coefficient (Wildman–Crippen LogP) is 4.72. The number of rotatable bonds is 10. The van der Waals surface area contributed by atoms with Crippen molar-refractivity contribution in [3.8, 4) is 11.5 Å². The summed E-state index contributed by atoms with van der Waals surface area (Å²) in [6.07, 6.45) is 2.09. The monoisotopic (exact) mass is 548 g/mol. The maximum atomic E-state index is 12.9. The molecule has 1 aromatic carbocycles. The number of carbonyl (C=O) groups excluding carboxylic acids is 2. The number of benzene rings is 1. The molecule has 1 amide bonds. The van der Waals surface area contributed by atoms with Gasteiger partial charge >= 0.3 is 12.6 Å². The molecule has 2 fully saturated rings. The van der Waals surface area contributed by atoms with Crippen LogP contribution in [0.1, 0.15) is 30.1 Å². The summed E-state index contributed by atoms with van der Waals surface area (Å²) >= 11 is 13.3. The number of aromatic nitrogens is 1. The van der Waals surface area contributed by atoms with E-state index in [-0.39, 0.29) is 44.5 Å². The van der Waals surface area contributed by atoms with Crippen molar-refractivity contribution in [2.45, 2.75) is 38.0 Å². The summed E-state index contributed by atoms with van der Waals surface area (Å²) in [5.74, 6) is -0.291. The molecular formula is C22H20Cl2F2N2O6S. The van der Waals surface area contributed by atoms with Crippen LogP contribution in [0.2, 0.25) is 10.0 Å². The van der Waals surface area contributed by atoms with Crippen LogP contribution in [0.3, 0.4) is 0 Å². The van der Waals surface area contributed by atoms with Gasteiger partial charge in [-0.15, -0.1) is 0 Å². The second-order valence-electron chi connectivity index (χ2n) is 8.02. The minimum Gasteiger partial charge on any atom is -0.489 e. The van der Waals surface area contributed by atoms with Gasteiger partial charge in [-0.2, -0.15) is 8.78 Å². The maximum absolute atomic E-state index is 12.9. The van der Waals surface area contributed by atoms with E-state index in [2.05, 4.69) is 15.0 Å². The average molecular weight is 549 g/mol. The Morgan fingerprint density at radius 2 is 1.97 bits per heavy atom. The largest absolute Gasteiger partial charge is 0.489 e. The van der Waals surface area contributed by atoms with Gasteiger partial charge in [0.1, 0.15) is 17.2 Å². The van der Waals surface area contributed by atoms with Crippen molar-refractivity contribution in [1.82, 2.24) is 10.3 Å². The number of nitrogens with one attached hydrogen (secondary N) is 2. The fraction of sp³-hybridized carbons (Fsp3) is 0.409. The summed E-state index contributed by atoms with van der Waals surface area (Å²) in [6, 6.07) is 3.30. The zero-order valence-corrected chi connectivity index (χ0v) is 20.4. The average Bonchev–Trinajstić information content (AvgIpc) is 3.55. The number of amides is 1. The van der Waals surface area contributed by atoms with E-state index >= 15 is 0 Å². The molecule has 2 aliphatic rings. The number of esters is 1. The van der Waals surface area contributed by atoms with Crippen molar-refractivity contribution in [1.29, 1.82) is 0 Å². The summed E-state index contributed by atoms with van der Waals surface area (Å²) in [7, 11) is 0. The van der Waals surface area contributed by atoms with E-state index in [1.807, 2.05) is 0 Å². The van der Waals surface area contributed by atoms with Crippen molar-refractivity contribution >= 4 is 46.2 Å². The molecule has 188 valence electrons. The highest BCUT2D eigenvalue weighted by atomic mass is 35.5. The minimum atomic E-state index is -3.06. The van der Waals surface area contributed by atoms with Gasteiger partial charge in [0.15, 0.2) is 11.5 Å². The van der Waals surface area contributed by atoms with Crippen LogP contribution in [0, 0.1) is 5.92 Å². The number of hydrogen-bond donors (Lipinski definition) is 2. The fourth-order valence-corrected chi connectivity index (χ4v) is 4.65. The summed E-state index contributed by atoms with van der Waals surface area (Å²) in [6.45, 7) is -2.74. The Kier molecular flexibility index (Phi) is 8.08. The summed E-state index contributed by atoms with van der Waals surface area (Å²) in [5.41, 5.74) is 0.0213. The van der Waals surface area contributed by atoms with E-state index in [1.165, 1.54) is 24.4 Å². The molecule has 1 aromatic heterocycles. The molecule has 1 aliphatic carbocycles. The molecule has 2 aromatic rings. The van der Waals surface area contributed by atoms with E-state index in [0.29, 0.717) is 18.1 Å². The normalized spacial score (nSPS) is 18.3. The topological polar surface area (TPSA) is 107 Å². The van der Waals surface area contributed by atoms with Crippen molar-refractivity contribution in [2.24, 2.45) is 5.92 Å². The van der Waals surface area contributed by atoms with Gasteiger partial charge < -0.3 is 24.5 Å². The fourth-order valence-electron chi connectivity index (χ4n) is 3.38. The Bertz CT molecular complexity index is 1180. The number of H-pyrrole nitrogens is 1. The maximum Gasteiger partial charge on any atom is 0.387 e. The van der Waals surface area contributed by atoms with Crippen LogP contribution < -0.4 is 20.3 Å². The highest BCUT2D eigenvalue weighted by Gasteiger charge is 2.32. The molecule has 2 atom stereocenters. The van der Waals surface area contributed by atoms with Crippen LogP contribution >= 0.6 is 35.0 Å². The number of carbonyl (C=O) groups is 2. The molecule has 1 saturated heterocycles. The third-order valence-electron chi connectivity index (χ3n) is 5.42. The van der Waals surface area contributed by atoms with Gasteiger partial charge in [0, 0.05) is 23.9 Å². The summed E-state index contributed by atoms with van der Waals surface area (Å²) in [4.78, 5) is 38.7. The molecule has 1 saturated carbocycles. The zero-order chi connectivity index (χ0) is 25.1. The van der Waals surface area contributed by atoms with Gasteiger partial charge in [-0.25, -0.2) is 4.79 Å². The molecule has 0 bridgehead atoms. The van der Waals surface area contributed by atoms with Gasteiger partial charge in [-0.3, -0.25) is 9.59 Å². The number of pyridine rings is 1. The quantitative estimate of drug-likeness (QED) is 0.413. The van der Waals surface area contributed by atoms with Gasteiger partial charge in [0.05, 0.1) is 11.6 Å². The van der Waals surface area contributed by atoms with Crippen molar-refractivity contribution in [3.63, 3.8) is 0 Å². The van der Waals surface area contributed by atoms with E-state index in [9.17, 15) is 23.2 Å². The number of hydrogen-bond acceptors (Lipinski definition) is 7. The first-order valence-corrected chi connectivity index (χ1v) is 12.4. The second kappa shape index (κ2) is 11.0. The van der Waals surface area contributed by atoms with E-state index in [0.717, 1.165) is 24.6 Å². The molecule has 4 rings (SSSR count). The van der Waals surface area contributed by atoms with Gasteiger partial charge in [-0.1, -0.05) is 41.0 Å². The number of thioether (sulfide) groups is 1. The first kappa shape index (κ1) is 25.6. The van der Waals surface area contributed by atoms with Crippen LogP contribution in [0.4, 0.5) is 13.6 Å². The molecular weight excluding hydrogens is 529 g/mol. The summed E-state index contributed by atoms with van der Waals surface area (Å²) < 4.78 is 41.8. The van der Waals surface area contributed by atoms with Crippen molar-refractivity contribution in [3.05, 3.63) is 55.9 Å². The Balaban J connectivity index is 1.66. The predicted molar refractivity (Wildman–Crippen MR) is 126 cm³/mol. The van der Waals surface area contributed by atoms with Crippen molar-refractivity contribution in [2.75, 3.05) is 12.4 Å². The lowest BCUT2D eigenvalue weighted by molar-refractivity contribution is -0.151. The molecule has 13 heteroatoms. The first-order valence-electron chi connectivity index (χ1n) is 10.6.